The molecule has 0 aliphatic rings. The maximum absolute atomic E-state index is 7.63. The fourth-order valence-corrected chi connectivity index (χ4v) is 2.77. The predicted octanol–water partition coefficient (Wildman–Crippen LogP) is 6.12. The number of benzene rings is 2. The summed E-state index contributed by atoms with van der Waals surface area (Å²) in [6, 6.07) is 15.7. The van der Waals surface area contributed by atoms with E-state index >= 15 is 0 Å². The van der Waals surface area contributed by atoms with Crippen molar-refractivity contribution in [2.45, 2.75) is 33.6 Å². The first-order valence-electron chi connectivity index (χ1n) is 9.95. The monoisotopic (exact) mass is 404 g/mol. The van der Waals surface area contributed by atoms with E-state index in [9.17, 15) is 0 Å². The maximum Gasteiger partial charge on any atom is 0.240 e. The van der Waals surface area contributed by atoms with Crippen molar-refractivity contribution in [3.63, 3.8) is 0 Å². The van der Waals surface area contributed by atoms with Gasteiger partial charge in [0.25, 0.3) is 0 Å². The molecule has 3 aromatic rings. The summed E-state index contributed by atoms with van der Waals surface area (Å²) in [4.78, 5) is 9.29. The van der Waals surface area contributed by atoms with Crippen LogP contribution < -0.4 is 4.74 Å². The molecular formula is C24H28N4O2. The number of ether oxygens (including phenoxy) is 2. The molecule has 2 aromatic carbocycles. The first kappa shape index (κ1) is 22.7. The largest absolute Gasteiger partial charge is 0.479 e. The average molecular weight is 405 g/mol. The van der Waals surface area contributed by atoms with Gasteiger partial charge >= 0.3 is 0 Å². The Balaban J connectivity index is 0.00000155. The van der Waals surface area contributed by atoms with Crippen LogP contribution in [0.25, 0.3) is 28.4 Å². The number of rotatable bonds is 6. The summed E-state index contributed by atoms with van der Waals surface area (Å²) in [5.74, 6) is 0.627. The van der Waals surface area contributed by atoms with Gasteiger partial charge in [0.05, 0.1) is 18.1 Å². The van der Waals surface area contributed by atoms with Crippen molar-refractivity contribution in [1.29, 1.82) is 10.8 Å². The highest BCUT2D eigenvalue weighted by molar-refractivity contribution is 5.87. The summed E-state index contributed by atoms with van der Waals surface area (Å²) in [6.45, 7) is 5.51. The SMILES string of the molecule is CC.COc1nc2ccccc2nc1-c1cccc(/C=C/CCC(=N)OC(C)=N)c1. The topological polar surface area (TPSA) is 91.9 Å². The van der Waals surface area contributed by atoms with Crippen molar-refractivity contribution in [3.8, 4) is 17.1 Å². The third-order valence-corrected chi connectivity index (χ3v) is 4.02. The summed E-state index contributed by atoms with van der Waals surface area (Å²) in [7, 11) is 1.60. The van der Waals surface area contributed by atoms with Crippen LogP contribution in [-0.4, -0.2) is 28.9 Å². The number of aromatic nitrogens is 2. The molecule has 0 spiro atoms. The summed E-state index contributed by atoms with van der Waals surface area (Å²) >= 11 is 0. The van der Waals surface area contributed by atoms with Crippen LogP contribution in [0.15, 0.2) is 54.6 Å². The average Bonchev–Trinajstić information content (AvgIpc) is 2.77. The van der Waals surface area contributed by atoms with E-state index in [1.54, 1.807) is 7.11 Å². The molecule has 0 unspecified atom stereocenters. The molecule has 0 amide bonds. The molecule has 6 heteroatoms. The van der Waals surface area contributed by atoms with Gasteiger partial charge in [0.2, 0.25) is 5.88 Å². The second-order valence-corrected chi connectivity index (χ2v) is 6.22. The first-order valence-corrected chi connectivity index (χ1v) is 9.95. The van der Waals surface area contributed by atoms with E-state index in [4.69, 9.17) is 25.3 Å². The van der Waals surface area contributed by atoms with Gasteiger partial charge in [-0.25, -0.2) is 9.97 Å². The summed E-state index contributed by atoms with van der Waals surface area (Å²) in [5, 5.41) is 14.9. The molecule has 156 valence electrons. The minimum atomic E-state index is 0.0344. The zero-order chi connectivity index (χ0) is 21.9. The number of para-hydroxylation sites is 2. The lowest BCUT2D eigenvalue weighted by Gasteiger charge is -2.09. The van der Waals surface area contributed by atoms with E-state index in [0.717, 1.165) is 22.2 Å². The van der Waals surface area contributed by atoms with Gasteiger partial charge in [-0.15, -0.1) is 0 Å². The number of allylic oxidation sites excluding steroid dienone is 1. The minimum absolute atomic E-state index is 0.0344. The van der Waals surface area contributed by atoms with Gasteiger partial charge in [-0.05, 0) is 30.2 Å². The van der Waals surface area contributed by atoms with Crippen molar-refractivity contribution < 1.29 is 9.47 Å². The van der Waals surface area contributed by atoms with Crippen molar-refractivity contribution in [2.75, 3.05) is 7.11 Å². The lowest BCUT2D eigenvalue weighted by molar-refractivity contribution is 0.400. The molecule has 0 radical (unpaired) electrons. The van der Waals surface area contributed by atoms with E-state index < -0.39 is 0 Å². The fourth-order valence-electron chi connectivity index (χ4n) is 2.77. The summed E-state index contributed by atoms with van der Waals surface area (Å²) in [5.41, 5.74) is 4.26. The Labute approximate surface area is 177 Å². The van der Waals surface area contributed by atoms with Crippen LogP contribution in [0.2, 0.25) is 0 Å². The van der Waals surface area contributed by atoms with Gasteiger partial charge in [-0.3, -0.25) is 10.8 Å². The van der Waals surface area contributed by atoms with Crippen LogP contribution in [0.5, 0.6) is 5.88 Å². The molecule has 0 aliphatic heterocycles. The lowest BCUT2D eigenvalue weighted by Crippen LogP contribution is -2.06. The Kier molecular flexibility index (Phi) is 8.69. The minimum Gasteiger partial charge on any atom is -0.479 e. The summed E-state index contributed by atoms with van der Waals surface area (Å²) in [6.07, 6.45) is 5.10. The van der Waals surface area contributed by atoms with Crippen molar-refractivity contribution in [2.24, 2.45) is 0 Å². The molecular weight excluding hydrogens is 376 g/mol. The van der Waals surface area contributed by atoms with E-state index in [1.807, 2.05) is 74.5 Å². The van der Waals surface area contributed by atoms with E-state index in [0.29, 0.717) is 24.4 Å². The maximum atomic E-state index is 7.63. The van der Waals surface area contributed by atoms with Crippen LogP contribution >= 0.6 is 0 Å². The van der Waals surface area contributed by atoms with Crippen molar-refractivity contribution in [3.05, 3.63) is 60.2 Å². The Morgan fingerprint density at radius 2 is 1.70 bits per heavy atom. The van der Waals surface area contributed by atoms with Gasteiger partial charge in [-0.2, -0.15) is 0 Å². The second-order valence-electron chi connectivity index (χ2n) is 6.22. The zero-order valence-corrected chi connectivity index (χ0v) is 17.9. The van der Waals surface area contributed by atoms with Gasteiger partial charge in [-0.1, -0.05) is 56.3 Å². The van der Waals surface area contributed by atoms with Crippen LogP contribution in [0.4, 0.5) is 0 Å². The highest BCUT2D eigenvalue weighted by atomic mass is 16.5. The molecule has 0 bridgehead atoms. The third-order valence-electron chi connectivity index (χ3n) is 4.02. The zero-order valence-electron chi connectivity index (χ0n) is 17.9. The first-order chi connectivity index (χ1) is 14.6. The summed E-state index contributed by atoms with van der Waals surface area (Å²) < 4.78 is 10.4. The van der Waals surface area contributed by atoms with Crippen LogP contribution in [-0.2, 0) is 4.74 Å². The van der Waals surface area contributed by atoms with E-state index in [-0.39, 0.29) is 11.8 Å². The number of nitrogens with zero attached hydrogens (tertiary/aromatic N) is 2. The van der Waals surface area contributed by atoms with Crippen molar-refractivity contribution >= 4 is 28.9 Å². The molecule has 0 fully saturated rings. The molecule has 0 atom stereocenters. The molecule has 0 saturated heterocycles. The van der Waals surface area contributed by atoms with Gasteiger partial charge < -0.3 is 9.47 Å². The molecule has 2 N–H and O–H groups in total. The van der Waals surface area contributed by atoms with Gasteiger partial charge in [0.1, 0.15) is 5.69 Å². The normalized spacial score (nSPS) is 10.4. The van der Waals surface area contributed by atoms with E-state index in [2.05, 4.69) is 4.98 Å². The van der Waals surface area contributed by atoms with Crippen molar-refractivity contribution in [1.82, 2.24) is 9.97 Å². The fraction of sp³-hybridized carbons (Fsp3) is 0.250. The smallest absolute Gasteiger partial charge is 0.240 e. The molecule has 0 saturated carbocycles. The Bertz CT molecular complexity index is 1040. The van der Waals surface area contributed by atoms with Gasteiger partial charge in [0, 0.05) is 18.9 Å². The molecule has 6 nitrogen and oxygen atoms in total. The third kappa shape index (κ3) is 6.24. The molecule has 3 rings (SSSR count). The highest BCUT2D eigenvalue weighted by Gasteiger charge is 2.11. The number of hydrogen-bond acceptors (Lipinski definition) is 6. The molecule has 0 aliphatic carbocycles. The quantitative estimate of drug-likeness (QED) is 0.382. The van der Waals surface area contributed by atoms with Crippen LogP contribution in [0.3, 0.4) is 0 Å². The lowest BCUT2D eigenvalue weighted by atomic mass is 10.1. The predicted molar refractivity (Wildman–Crippen MR) is 123 cm³/mol. The second kappa shape index (κ2) is 11.5. The number of fused-ring (bicyclic) bond motifs is 1. The molecule has 1 aromatic heterocycles. The Hall–Kier alpha value is -3.54. The highest BCUT2D eigenvalue weighted by Crippen LogP contribution is 2.29. The standard InChI is InChI=1S/C22H22N4O2.C2H6/c1-15(23)28-20(24)13-6-3-8-16-9-7-10-17(14-16)21-22(27-2)26-19-12-5-4-11-18(19)25-21;1-2/h3-5,7-12,14,23-24H,6,13H2,1-2H3;1-2H3/b8-3+,23-15?,24-20?;. The Morgan fingerprint density at radius 1 is 1.00 bits per heavy atom. The van der Waals surface area contributed by atoms with Crippen LogP contribution in [0.1, 0.15) is 39.2 Å². The number of methoxy groups -OCH3 is 1. The van der Waals surface area contributed by atoms with Crippen LogP contribution in [0, 0.1) is 10.8 Å². The molecule has 30 heavy (non-hydrogen) atoms. The Morgan fingerprint density at radius 3 is 2.37 bits per heavy atom. The number of nitrogens with one attached hydrogen (secondary N) is 2. The van der Waals surface area contributed by atoms with Gasteiger partial charge in [0.15, 0.2) is 11.8 Å². The molecule has 1 heterocycles. The van der Waals surface area contributed by atoms with E-state index in [1.165, 1.54) is 6.92 Å². The number of hydrogen-bond donors (Lipinski definition) is 2.